The van der Waals surface area contributed by atoms with Crippen molar-refractivity contribution >= 4 is 28.9 Å². The number of hydrogen-bond acceptors (Lipinski definition) is 4. The zero-order valence-electron chi connectivity index (χ0n) is 12.6. The quantitative estimate of drug-likeness (QED) is 0.837. The molecule has 0 aliphatic carbocycles. The van der Waals surface area contributed by atoms with Crippen LogP contribution in [0.5, 0.6) is 0 Å². The van der Waals surface area contributed by atoms with Gasteiger partial charge in [-0.25, -0.2) is 0 Å². The second-order valence-corrected chi connectivity index (χ2v) is 6.13. The predicted molar refractivity (Wildman–Crippen MR) is 87.6 cm³/mol. The van der Waals surface area contributed by atoms with E-state index in [1.54, 1.807) is 18.2 Å². The molecule has 1 aromatic rings. The van der Waals surface area contributed by atoms with Crippen molar-refractivity contribution in [1.29, 1.82) is 0 Å². The van der Waals surface area contributed by atoms with Gasteiger partial charge in [-0.3, -0.25) is 9.69 Å². The average molecular weight is 311 g/mol. The number of nitrogens with one attached hydrogen (secondary N) is 1. The normalized spacial score (nSPS) is 21.0. The predicted octanol–water partition coefficient (Wildman–Crippen LogP) is 1.89. The van der Waals surface area contributed by atoms with E-state index >= 15 is 0 Å². The van der Waals surface area contributed by atoms with Gasteiger partial charge in [0.1, 0.15) is 0 Å². The van der Waals surface area contributed by atoms with Crippen LogP contribution < -0.4 is 11.1 Å². The maximum absolute atomic E-state index is 12.2. The van der Waals surface area contributed by atoms with E-state index in [0.717, 1.165) is 26.1 Å². The van der Waals surface area contributed by atoms with Crippen molar-refractivity contribution in [3.8, 4) is 0 Å². The van der Waals surface area contributed by atoms with E-state index in [0.29, 0.717) is 29.0 Å². The number of likely N-dealkylation sites (N-methyl/N-ethyl adjacent to an activating group) is 1. The average Bonchev–Trinajstić information content (AvgIpc) is 2.56. The SMILES string of the molecule is CC1CN(C)CCCN1CC(=O)Nc1cc(N)ccc1Cl. The fourth-order valence-electron chi connectivity index (χ4n) is 2.67. The Morgan fingerprint density at radius 1 is 1.48 bits per heavy atom. The van der Waals surface area contributed by atoms with Gasteiger partial charge in [0.05, 0.1) is 17.3 Å². The highest BCUT2D eigenvalue weighted by atomic mass is 35.5. The number of carbonyl (C=O) groups is 1. The highest BCUT2D eigenvalue weighted by molar-refractivity contribution is 6.33. The van der Waals surface area contributed by atoms with Gasteiger partial charge in [-0.2, -0.15) is 0 Å². The van der Waals surface area contributed by atoms with Crippen LogP contribution in [0.15, 0.2) is 18.2 Å². The van der Waals surface area contributed by atoms with E-state index in [9.17, 15) is 4.79 Å². The van der Waals surface area contributed by atoms with E-state index in [1.807, 2.05) is 0 Å². The molecule has 116 valence electrons. The van der Waals surface area contributed by atoms with Crippen LogP contribution in [0.2, 0.25) is 5.02 Å². The summed E-state index contributed by atoms with van der Waals surface area (Å²) in [6, 6.07) is 5.44. The molecule has 1 amide bonds. The molecule has 0 saturated carbocycles. The number of anilines is 2. The van der Waals surface area contributed by atoms with Gasteiger partial charge in [0.25, 0.3) is 0 Å². The van der Waals surface area contributed by atoms with Crippen LogP contribution in [-0.2, 0) is 4.79 Å². The van der Waals surface area contributed by atoms with Gasteiger partial charge in [0.2, 0.25) is 5.91 Å². The molecule has 1 aromatic carbocycles. The first-order valence-electron chi connectivity index (χ1n) is 7.23. The van der Waals surface area contributed by atoms with E-state index in [2.05, 4.69) is 29.1 Å². The summed E-state index contributed by atoms with van der Waals surface area (Å²) in [5, 5.41) is 3.35. The third kappa shape index (κ3) is 4.59. The van der Waals surface area contributed by atoms with Crippen molar-refractivity contribution in [2.24, 2.45) is 0 Å². The molecule has 1 aliphatic heterocycles. The summed E-state index contributed by atoms with van der Waals surface area (Å²) < 4.78 is 0. The van der Waals surface area contributed by atoms with E-state index in [-0.39, 0.29) is 5.91 Å². The Bertz CT molecular complexity index is 508. The first kappa shape index (κ1) is 16.1. The summed E-state index contributed by atoms with van der Waals surface area (Å²) in [5.41, 5.74) is 6.87. The third-order valence-corrected chi connectivity index (χ3v) is 4.13. The van der Waals surface area contributed by atoms with Gasteiger partial charge in [-0.05, 0) is 45.1 Å². The van der Waals surface area contributed by atoms with Crippen molar-refractivity contribution in [2.75, 3.05) is 44.3 Å². The monoisotopic (exact) mass is 310 g/mol. The van der Waals surface area contributed by atoms with Crippen molar-refractivity contribution < 1.29 is 4.79 Å². The molecule has 21 heavy (non-hydrogen) atoms. The molecule has 3 N–H and O–H groups in total. The van der Waals surface area contributed by atoms with Crippen LogP contribution in [0.25, 0.3) is 0 Å². The number of rotatable bonds is 3. The maximum Gasteiger partial charge on any atom is 0.238 e. The van der Waals surface area contributed by atoms with Crippen LogP contribution in [0.3, 0.4) is 0 Å². The molecule has 1 unspecified atom stereocenters. The summed E-state index contributed by atoms with van der Waals surface area (Å²) in [7, 11) is 2.12. The summed E-state index contributed by atoms with van der Waals surface area (Å²) in [6.07, 6.45) is 1.08. The molecule has 6 heteroatoms. The van der Waals surface area contributed by atoms with E-state index in [4.69, 9.17) is 17.3 Å². The van der Waals surface area contributed by atoms with Crippen LogP contribution in [0.4, 0.5) is 11.4 Å². The molecule has 1 aliphatic rings. The second kappa shape index (κ2) is 7.11. The highest BCUT2D eigenvalue weighted by Crippen LogP contribution is 2.24. The molecule has 0 aromatic heterocycles. The number of nitrogens with two attached hydrogens (primary N) is 1. The number of amides is 1. The Labute approximate surface area is 131 Å². The lowest BCUT2D eigenvalue weighted by atomic mass is 10.2. The lowest BCUT2D eigenvalue weighted by Gasteiger charge is -2.27. The van der Waals surface area contributed by atoms with Crippen molar-refractivity contribution in [3.63, 3.8) is 0 Å². The zero-order valence-corrected chi connectivity index (χ0v) is 13.4. The molecule has 1 saturated heterocycles. The molecule has 1 fully saturated rings. The molecular formula is C15H23ClN4O. The van der Waals surface area contributed by atoms with Crippen LogP contribution in [0.1, 0.15) is 13.3 Å². The number of carbonyl (C=O) groups excluding carboxylic acids is 1. The Hall–Kier alpha value is -1.30. The first-order valence-corrected chi connectivity index (χ1v) is 7.61. The van der Waals surface area contributed by atoms with E-state index in [1.165, 1.54) is 0 Å². The van der Waals surface area contributed by atoms with E-state index < -0.39 is 0 Å². The minimum Gasteiger partial charge on any atom is -0.399 e. The van der Waals surface area contributed by atoms with Gasteiger partial charge in [0.15, 0.2) is 0 Å². The number of benzene rings is 1. The van der Waals surface area contributed by atoms with Gasteiger partial charge < -0.3 is 16.0 Å². The topological polar surface area (TPSA) is 61.6 Å². The molecular weight excluding hydrogens is 288 g/mol. The largest absolute Gasteiger partial charge is 0.399 e. The Balaban J connectivity index is 1.96. The minimum atomic E-state index is -0.0566. The van der Waals surface area contributed by atoms with Crippen LogP contribution in [0, 0.1) is 0 Å². The second-order valence-electron chi connectivity index (χ2n) is 5.72. The smallest absolute Gasteiger partial charge is 0.238 e. The fourth-order valence-corrected chi connectivity index (χ4v) is 2.83. The summed E-state index contributed by atoms with van der Waals surface area (Å²) >= 11 is 6.07. The Morgan fingerprint density at radius 2 is 2.24 bits per heavy atom. The molecule has 2 rings (SSSR count). The highest BCUT2D eigenvalue weighted by Gasteiger charge is 2.21. The van der Waals surface area contributed by atoms with Gasteiger partial charge in [-0.15, -0.1) is 0 Å². The maximum atomic E-state index is 12.2. The molecule has 0 bridgehead atoms. The standard InChI is InChI=1S/C15H23ClN4O/c1-11-9-19(2)6-3-7-20(11)10-15(21)18-14-8-12(17)4-5-13(14)16/h4-5,8,11H,3,6-7,9-10,17H2,1-2H3,(H,18,21). The van der Waals surface area contributed by atoms with Crippen molar-refractivity contribution in [2.45, 2.75) is 19.4 Å². The molecule has 0 spiro atoms. The van der Waals surface area contributed by atoms with Gasteiger partial charge in [-0.1, -0.05) is 11.6 Å². The summed E-state index contributed by atoms with van der Waals surface area (Å²) in [5.74, 6) is -0.0566. The summed E-state index contributed by atoms with van der Waals surface area (Å²) in [4.78, 5) is 16.7. The molecule has 1 heterocycles. The van der Waals surface area contributed by atoms with Gasteiger partial charge in [0, 0.05) is 24.8 Å². The third-order valence-electron chi connectivity index (χ3n) is 3.80. The van der Waals surface area contributed by atoms with Crippen LogP contribution in [-0.4, -0.2) is 55.0 Å². The Morgan fingerprint density at radius 3 is 3.00 bits per heavy atom. The number of nitrogen functional groups attached to an aromatic ring is 1. The minimum absolute atomic E-state index is 0.0566. The molecule has 0 radical (unpaired) electrons. The summed E-state index contributed by atoms with van der Waals surface area (Å²) in [6.45, 7) is 5.52. The fraction of sp³-hybridized carbons (Fsp3) is 0.533. The zero-order chi connectivity index (χ0) is 15.4. The first-order chi connectivity index (χ1) is 9.95. The number of hydrogen-bond donors (Lipinski definition) is 2. The number of nitrogens with zero attached hydrogens (tertiary/aromatic N) is 2. The molecule has 1 atom stereocenters. The molecule has 5 nitrogen and oxygen atoms in total. The lowest BCUT2D eigenvalue weighted by Crippen LogP contribution is -2.42. The van der Waals surface area contributed by atoms with Gasteiger partial charge >= 0.3 is 0 Å². The van der Waals surface area contributed by atoms with Crippen LogP contribution >= 0.6 is 11.6 Å². The van der Waals surface area contributed by atoms with Crippen molar-refractivity contribution in [3.05, 3.63) is 23.2 Å². The van der Waals surface area contributed by atoms with Crippen molar-refractivity contribution in [1.82, 2.24) is 9.80 Å². The number of halogens is 1. The lowest BCUT2D eigenvalue weighted by molar-refractivity contribution is -0.117. The Kier molecular flexibility index (Phi) is 5.45.